The van der Waals surface area contributed by atoms with Crippen LogP contribution in [-0.4, -0.2) is 29.2 Å². The number of carbonyl (C=O) groups is 2. The van der Waals surface area contributed by atoms with Gasteiger partial charge in [-0.15, -0.1) is 23.1 Å². The maximum atomic E-state index is 13.4. The van der Waals surface area contributed by atoms with Crippen LogP contribution in [0.2, 0.25) is 0 Å². The Labute approximate surface area is 190 Å². The first kappa shape index (κ1) is 21.9. The number of ether oxygens (including phenoxy) is 1. The maximum Gasteiger partial charge on any atom is 0.316 e. The van der Waals surface area contributed by atoms with E-state index in [9.17, 15) is 18.4 Å². The highest BCUT2D eigenvalue weighted by molar-refractivity contribution is 8.00. The Hall–Kier alpha value is -3.30. The Kier molecular flexibility index (Phi) is 6.77. The molecule has 0 aliphatic heterocycles. The molecule has 1 amide bonds. The van der Waals surface area contributed by atoms with E-state index in [4.69, 9.17) is 4.74 Å². The first-order valence-electron chi connectivity index (χ1n) is 9.46. The van der Waals surface area contributed by atoms with Gasteiger partial charge in [0, 0.05) is 15.8 Å². The van der Waals surface area contributed by atoms with Crippen molar-refractivity contribution in [1.82, 2.24) is 4.98 Å². The normalized spacial score (nSPS) is 10.8. The quantitative estimate of drug-likeness (QED) is 0.285. The molecule has 1 N–H and O–H groups in total. The summed E-state index contributed by atoms with van der Waals surface area (Å²) in [6, 6.07) is 17.3. The highest BCUT2D eigenvalue weighted by atomic mass is 32.2. The number of rotatable bonds is 7. The van der Waals surface area contributed by atoms with Gasteiger partial charge in [0.2, 0.25) is 0 Å². The number of hydrogen-bond donors (Lipinski definition) is 1. The van der Waals surface area contributed by atoms with Crippen LogP contribution in [0.5, 0.6) is 0 Å². The van der Waals surface area contributed by atoms with Gasteiger partial charge in [-0.3, -0.25) is 14.9 Å². The lowest BCUT2D eigenvalue weighted by molar-refractivity contribution is -0.144. The van der Waals surface area contributed by atoms with Crippen molar-refractivity contribution in [2.75, 3.05) is 17.7 Å². The summed E-state index contributed by atoms with van der Waals surface area (Å²) in [5.74, 6) is -2.91. The summed E-state index contributed by atoms with van der Waals surface area (Å²) in [6.07, 6.45) is 0. The van der Waals surface area contributed by atoms with E-state index in [-0.39, 0.29) is 10.9 Å². The summed E-state index contributed by atoms with van der Waals surface area (Å²) >= 11 is 2.45. The zero-order valence-corrected chi connectivity index (χ0v) is 18.1. The number of carbonyl (C=O) groups excluding carboxylic acids is 2. The number of amides is 1. The number of esters is 1. The number of thioether (sulfide) groups is 1. The van der Waals surface area contributed by atoms with E-state index >= 15 is 0 Å². The van der Waals surface area contributed by atoms with E-state index in [0.29, 0.717) is 11.3 Å². The molecule has 162 valence electrons. The highest BCUT2D eigenvalue weighted by Crippen LogP contribution is 2.26. The van der Waals surface area contributed by atoms with Crippen LogP contribution in [0.1, 0.15) is 0 Å². The number of thiazole rings is 1. The number of aromatic nitrogens is 1. The van der Waals surface area contributed by atoms with E-state index in [1.807, 2.05) is 42.5 Å². The number of nitrogens with zero attached hydrogens (tertiary/aromatic N) is 1. The molecule has 0 aliphatic carbocycles. The average molecular weight is 471 g/mol. The molecule has 5 nitrogen and oxygen atoms in total. The monoisotopic (exact) mass is 470 g/mol. The van der Waals surface area contributed by atoms with Crippen LogP contribution in [0.4, 0.5) is 13.9 Å². The fourth-order valence-electron chi connectivity index (χ4n) is 2.86. The molecule has 1 aromatic heterocycles. The lowest BCUT2D eigenvalue weighted by Crippen LogP contribution is -2.21. The van der Waals surface area contributed by atoms with Crippen LogP contribution in [0.3, 0.4) is 0 Å². The second-order valence-corrected chi connectivity index (χ2v) is 8.58. The van der Waals surface area contributed by atoms with Gasteiger partial charge in [-0.2, -0.15) is 0 Å². The van der Waals surface area contributed by atoms with Crippen LogP contribution >= 0.6 is 23.1 Å². The summed E-state index contributed by atoms with van der Waals surface area (Å²) < 4.78 is 31.5. The zero-order valence-electron chi connectivity index (χ0n) is 16.5. The summed E-state index contributed by atoms with van der Waals surface area (Å²) in [5, 5.41) is 6.59. The van der Waals surface area contributed by atoms with Gasteiger partial charge in [-0.05, 0) is 41.1 Å². The molecule has 0 bridgehead atoms. The maximum absolute atomic E-state index is 13.4. The van der Waals surface area contributed by atoms with Crippen LogP contribution in [-0.2, 0) is 14.3 Å². The van der Waals surface area contributed by atoms with Gasteiger partial charge in [0.1, 0.15) is 0 Å². The van der Waals surface area contributed by atoms with E-state index in [1.54, 1.807) is 5.38 Å². The minimum atomic E-state index is -0.977. The zero-order chi connectivity index (χ0) is 22.5. The highest BCUT2D eigenvalue weighted by Gasteiger charge is 2.12. The number of hydrogen-bond acceptors (Lipinski definition) is 6. The third-order valence-electron chi connectivity index (χ3n) is 4.41. The van der Waals surface area contributed by atoms with Gasteiger partial charge in [0.05, 0.1) is 11.4 Å². The predicted octanol–water partition coefficient (Wildman–Crippen LogP) is 5.52. The molecular formula is C23H16F2N2O3S2. The minimum absolute atomic E-state index is 0.0726. The van der Waals surface area contributed by atoms with Crippen LogP contribution in [0.25, 0.3) is 22.0 Å². The predicted molar refractivity (Wildman–Crippen MR) is 122 cm³/mol. The van der Waals surface area contributed by atoms with Crippen molar-refractivity contribution in [3.8, 4) is 11.3 Å². The van der Waals surface area contributed by atoms with Crippen molar-refractivity contribution in [3.05, 3.63) is 77.7 Å². The van der Waals surface area contributed by atoms with Crippen LogP contribution < -0.4 is 5.32 Å². The van der Waals surface area contributed by atoms with Crippen molar-refractivity contribution in [2.24, 2.45) is 0 Å². The summed E-state index contributed by atoms with van der Waals surface area (Å²) in [6.45, 7) is -0.447. The molecule has 4 rings (SSSR count). The van der Waals surface area contributed by atoms with E-state index in [0.717, 1.165) is 39.1 Å². The molecule has 0 fully saturated rings. The number of anilines is 1. The third kappa shape index (κ3) is 5.49. The molecular weight excluding hydrogens is 454 g/mol. The van der Waals surface area contributed by atoms with Gasteiger partial charge in [0.15, 0.2) is 23.4 Å². The summed E-state index contributed by atoms with van der Waals surface area (Å²) in [4.78, 5) is 29.1. The smallest absolute Gasteiger partial charge is 0.316 e. The average Bonchev–Trinajstić information content (AvgIpc) is 3.26. The molecule has 0 unspecified atom stereocenters. The second kappa shape index (κ2) is 9.88. The molecule has 4 aromatic rings. The molecule has 0 radical (unpaired) electrons. The fraction of sp³-hybridized carbons (Fsp3) is 0.0870. The Morgan fingerprint density at radius 1 is 1.00 bits per heavy atom. The third-order valence-corrected chi connectivity index (χ3v) is 6.13. The standard InChI is InChI=1S/C23H16F2N2O3S2/c24-18-8-6-16(10-19(18)25)20-12-32-23(26-20)27-21(28)11-30-22(29)13-31-17-7-5-14-3-1-2-4-15(14)9-17/h1-10,12H,11,13H2,(H,26,27,28). The van der Waals surface area contributed by atoms with Gasteiger partial charge in [-0.1, -0.05) is 30.3 Å². The SMILES string of the molecule is O=C(COC(=O)CSc1ccc2ccccc2c1)Nc1nc(-c2ccc(F)c(F)c2)cs1. The van der Waals surface area contributed by atoms with Crippen LogP contribution in [0.15, 0.2) is 70.9 Å². The number of nitrogens with one attached hydrogen (secondary N) is 1. The Morgan fingerprint density at radius 2 is 1.81 bits per heavy atom. The van der Waals surface area contributed by atoms with Crippen LogP contribution in [0, 0.1) is 11.6 Å². The number of benzene rings is 3. The molecule has 3 aromatic carbocycles. The first-order chi connectivity index (χ1) is 15.5. The first-order valence-corrected chi connectivity index (χ1v) is 11.3. The fourth-order valence-corrected chi connectivity index (χ4v) is 4.34. The molecule has 0 saturated heterocycles. The lowest BCUT2D eigenvalue weighted by atomic mass is 10.1. The Bertz CT molecular complexity index is 1290. The lowest BCUT2D eigenvalue weighted by Gasteiger charge is -2.06. The van der Waals surface area contributed by atoms with Gasteiger partial charge >= 0.3 is 5.97 Å². The number of halogens is 2. The molecule has 0 aliphatic rings. The molecule has 0 atom stereocenters. The van der Waals surface area contributed by atoms with Crippen molar-refractivity contribution >= 4 is 50.9 Å². The van der Waals surface area contributed by atoms with Crippen molar-refractivity contribution in [3.63, 3.8) is 0 Å². The van der Waals surface area contributed by atoms with Gasteiger partial charge in [-0.25, -0.2) is 13.8 Å². The molecule has 0 spiro atoms. The number of fused-ring (bicyclic) bond motifs is 1. The van der Waals surface area contributed by atoms with Gasteiger partial charge < -0.3 is 4.74 Å². The molecule has 1 heterocycles. The van der Waals surface area contributed by atoms with Crippen molar-refractivity contribution in [2.45, 2.75) is 4.90 Å². The second-order valence-electron chi connectivity index (χ2n) is 6.67. The molecule has 0 saturated carbocycles. The summed E-state index contributed by atoms with van der Waals surface area (Å²) in [7, 11) is 0. The molecule has 9 heteroatoms. The topological polar surface area (TPSA) is 68.3 Å². The Morgan fingerprint density at radius 3 is 2.62 bits per heavy atom. The minimum Gasteiger partial charge on any atom is -0.455 e. The van der Waals surface area contributed by atoms with Gasteiger partial charge in [0.25, 0.3) is 5.91 Å². The van der Waals surface area contributed by atoms with Crippen molar-refractivity contribution < 1.29 is 23.1 Å². The van der Waals surface area contributed by atoms with Crippen molar-refractivity contribution in [1.29, 1.82) is 0 Å². The molecule has 32 heavy (non-hydrogen) atoms. The summed E-state index contributed by atoms with van der Waals surface area (Å²) in [5.41, 5.74) is 0.783. The van der Waals surface area contributed by atoms with E-state index in [1.165, 1.54) is 17.8 Å². The Balaban J connectivity index is 1.25. The van der Waals surface area contributed by atoms with E-state index < -0.39 is 30.1 Å². The largest absolute Gasteiger partial charge is 0.455 e. The van der Waals surface area contributed by atoms with E-state index in [2.05, 4.69) is 10.3 Å².